The van der Waals surface area contributed by atoms with E-state index in [0.29, 0.717) is 11.6 Å². The second-order valence-electron chi connectivity index (χ2n) is 6.68. The molecule has 1 aromatic heterocycles. The summed E-state index contributed by atoms with van der Waals surface area (Å²) in [6, 6.07) is 2.43. The molecule has 0 aliphatic heterocycles. The molecule has 0 radical (unpaired) electrons. The van der Waals surface area contributed by atoms with Crippen molar-refractivity contribution in [3.8, 4) is 0 Å². The van der Waals surface area contributed by atoms with Crippen molar-refractivity contribution in [2.45, 2.75) is 59.5 Å². The van der Waals surface area contributed by atoms with E-state index in [1.165, 1.54) is 0 Å². The Labute approximate surface area is 131 Å². The van der Waals surface area contributed by atoms with Crippen molar-refractivity contribution in [2.75, 3.05) is 6.54 Å². The monoisotopic (exact) mass is 306 g/mol. The van der Waals surface area contributed by atoms with Gasteiger partial charge in [0.1, 0.15) is 0 Å². The molecule has 1 fully saturated rings. The Morgan fingerprint density at radius 2 is 1.91 bits per heavy atom. The Balaban J connectivity index is 2.28. The molecule has 1 saturated carbocycles. The third-order valence-electron chi connectivity index (χ3n) is 4.37. The van der Waals surface area contributed by atoms with Gasteiger partial charge in [-0.25, -0.2) is 0 Å². The topological polar surface area (TPSA) is 62.5 Å². The molecule has 22 heavy (non-hydrogen) atoms. The van der Waals surface area contributed by atoms with Gasteiger partial charge in [-0.15, -0.1) is 0 Å². The third kappa shape index (κ3) is 3.18. The number of amides is 1. The highest BCUT2D eigenvalue weighted by molar-refractivity contribution is 5.96. The number of rotatable bonds is 6. The first kappa shape index (κ1) is 16.6. The van der Waals surface area contributed by atoms with Crippen molar-refractivity contribution in [3.05, 3.63) is 23.0 Å². The largest absolute Gasteiger partial charge is 0.481 e. The fourth-order valence-corrected chi connectivity index (χ4v) is 3.10. The number of aliphatic carboxylic acids is 1. The first-order chi connectivity index (χ1) is 10.2. The normalized spacial score (nSPS) is 15.9. The maximum absolute atomic E-state index is 12.9. The predicted molar refractivity (Wildman–Crippen MR) is 85.1 cm³/mol. The van der Waals surface area contributed by atoms with Gasteiger partial charge in [0.25, 0.3) is 5.91 Å². The van der Waals surface area contributed by atoms with Crippen LogP contribution in [0, 0.1) is 19.8 Å². The Morgan fingerprint density at radius 3 is 2.32 bits per heavy atom. The van der Waals surface area contributed by atoms with Crippen LogP contribution in [0.5, 0.6) is 0 Å². The zero-order valence-electron chi connectivity index (χ0n) is 14.1. The van der Waals surface area contributed by atoms with Crippen LogP contribution in [0.25, 0.3) is 0 Å². The maximum atomic E-state index is 12.9. The van der Waals surface area contributed by atoms with Crippen LogP contribution in [0.1, 0.15) is 61.4 Å². The minimum atomic E-state index is -0.855. The Kier molecular flexibility index (Phi) is 4.63. The second kappa shape index (κ2) is 6.15. The summed E-state index contributed by atoms with van der Waals surface area (Å²) in [4.78, 5) is 25.8. The van der Waals surface area contributed by atoms with Gasteiger partial charge < -0.3 is 14.6 Å². The van der Waals surface area contributed by atoms with E-state index in [0.717, 1.165) is 24.2 Å². The summed E-state index contributed by atoms with van der Waals surface area (Å²) in [5.41, 5.74) is 2.74. The molecule has 1 heterocycles. The van der Waals surface area contributed by atoms with Crippen LogP contribution >= 0.6 is 0 Å². The van der Waals surface area contributed by atoms with Gasteiger partial charge in [-0.1, -0.05) is 6.92 Å². The third-order valence-corrected chi connectivity index (χ3v) is 4.37. The number of hydrogen-bond acceptors (Lipinski definition) is 2. The number of carboxylic acid groups (broad SMARTS) is 1. The van der Waals surface area contributed by atoms with Crippen LogP contribution in [0.3, 0.4) is 0 Å². The first-order valence-corrected chi connectivity index (χ1v) is 7.96. The van der Waals surface area contributed by atoms with E-state index < -0.39 is 11.9 Å². The van der Waals surface area contributed by atoms with Gasteiger partial charge in [0, 0.05) is 30.0 Å². The standard InChI is InChI=1S/C17H26N2O3/c1-10(2)19-12(4)8-15(13(19)5)16(20)18(14-6-7-14)9-11(3)17(21)22/h8,10-11,14H,6-7,9H2,1-5H3,(H,21,22)/t11-/m1/s1. The zero-order valence-corrected chi connectivity index (χ0v) is 14.1. The van der Waals surface area contributed by atoms with Crippen LogP contribution in [0.15, 0.2) is 6.07 Å². The van der Waals surface area contributed by atoms with Gasteiger partial charge in [0.2, 0.25) is 0 Å². The summed E-state index contributed by atoms with van der Waals surface area (Å²) in [5.74, 6) is -1.43. The SMILES string of the molecule is Cc1cc(C(=O)N(C[C@@H](C)C(=O)O)C2CC2)c(C)n1C(C)C. The van der Waals surface area contributed by atoms with E-state index in [2.05, 4.69) is 18.4 Å². The molecule has 0 aromatic carbocycles. The molecular formula is C17H26N2O3. The average Bonchev–Trinajstić information content (AvgIpc) is 3.20. The summed E-state index contributed by atoms with van der Waals surface area (Å²) in [6.45, 7) is 10.1. The lowest BCUT2D eigenvalue weighted by atomic mass is 10.1. The Morgan fingerprint density at radius 1 is 1.32 bits per heavy atom. The highest BCUT2D eigenvalue weighted by Gasteiger charge is 2.36. The molecule has 2 rings (SSSR count). The van der Waals surface area contributed by atoms with Crippen molar-refractivity contribution in [1.82, 2.24) is 9.47 Å². The highest BCUT2D eigenvalue weighted by Crippen LogP contribution is 2.31. The van der Waals surface area contributed by atoms with E-state index in [4.69, 9.17) is 5.11 Å². The van der Waals surface area contributed by atoms with Gasteiger partial charge in [-0.2, -0.15) is 0 Å². The quantitative estimate of drug-likeness (QED) is 0.878. The van der Waals surface area contributed by atoms with Crippen molar-refractivity contribution in [3.63, 3.8) is 0 Å². The molecule has 0 unspecified atom stereocenters. The molecule has 0 spiro atoms. The molecule has 0 bridgehead atoms. The number of hydrogen-bond donors (Lipinski definition) is 1. The summed E-state index contributed by atoms with van der Waals surface area (Å²) in [7, 11) is 0. The lowest BCUT2D eigenvalue weighted by molar-refractivity contribution is -0.141. The first-order valence-electron chi connectivity index (χ1n) is 7.96. The summed E-state index contributed by atoms with van der Waals surface area (Å²) in [5, 5.41) is 9.12. The lowest BCUT2D eigenvalue weighted by Crippen LogP contribution is -2.38. The maximum Gasteiger partial charge on any atom is 0.308 e. The van der Waals surface area contributed by atoms with Gasteiger partial charge in [0.05, 0.1) is 11.5 Å². The van der Waals surface area contributed by atoms with Crippen LogP contribution in [0.4, 0.5) is 0 Å². The molecule has 1 aromatic rings. The van der Waals surface area contributed by atoms with Crippen molar-refractivity contribution in [1.29, 1.82) is 0 Å². The van der Waals surface area contributed by atoms with E-state index >= 15 is 0 Å². The number of carbonyl (C=O) groups is 2. The minimum absolute atomic E-state index is 0.0319. The summed E-state index contributed by atoms with van der Waals surface area (Å²) < 4.78 is 2.15. The minimum Gasteiger partial charge on any atom is -0.481 e. The number of aromatic nitrogens is 1. The molecule has 1 atom stereocenters. The number of carbonyl (C=O) groups excluding carboxylic acids is 1. The number of aryl methyl sites for hydroxylation is 1. The Bertz CT molecular complexity index is 585. The molecule has 1 aliphatic carbocycles. The smallest absolute Gasteiger partial charge is 0.308 e. The van der Waals surface area contributed by atoms with Gasteiger partial charge >= 0.3 is 5.97 Å². The molecule has 1 amide bonds. The number of nitrogens with zero attached hydrogens (tertiary/aromatic N) is 2. The fraction of sp³-hybridized carbons (Fsp3) is 0.647. The zero-order chi connectivity index (χ0) is 16.6. The van der Waals surface area contributed by atoms with E-state index in [1.54, 1.807) is 11.8 Å². The van der Waals surface area contributed by atoms with Crippen LogP contribution in [-0.4, -0.2) is 39.0 Å². The van der Waals surface area contributed by atoms with Gasteiger partial charge in [-0.05, 0) is 46.6 Å². The van der Waals surface area contributed by atoms with E-state index in [-0.39, 0.29) is 18.5 Å². The average molecular weight is 306 g/mol. The van der Waals surface area contributed by atoms with Crippen LogP contribution < -0.4 is 0 Å². The van der Waals surface area contributed by atoms with Gasteiger partial charge in [0.15, 0.2) is 0 Å². The molecule has 1 aliphatic rings. The summed E-state index contributed by atoms with van der Waals surface area (Å²) in [6.07, 6.45) is 1.95. The fourth-order valence-electron chi connectivity index (χ4n) is 3.10. The second-order valence-corrected chi connectivity index (χ2v) is 6.68. The van der Waals surface area contributed by atoms with Gasteiger partial charge in [-0.3, -0.25) is 9.59 Å². The Hall–Kier alpha value is -1.78. The van der Waals surface area contributed by atoms with Crippen molar-refractivity contribution >= 4 is 11.9 Å². The predicted octanol–water partition coefficient (Wildman–Crippen LogP) is 3.01. The molecule has 122 valence electrons. The van der Waals surface area contributed by atoms with Crippen LogP contribution in [0.2, 0.25) is 0 Å². The highest BCUT2D eigenvalue weighted by atomic mass is 16.4. The van der Waals surface area contributed by atoms with E-state index in [1.807, 2.05) is 19.9 Å². The molecule has 5 heteroatoms. The molecule has 0 saturated heterocycles. The van der Waals surface area contributed by atoms with Crippen molar-refractivity contribution in [2.24, 2.45) is 5.92 Å². The molecular weight excluding hydrogens is 280 g/mol. The van der Waals surface area contributed by atoms with Crippen molar-refractivity contribution < 1.29 is 14.7 Å². The molecule has 5 nitrogen and oxygen atoms in total. The van der Waals surface area contributed by atoms with Crippen LogP contribution in [-0.2, 0) is 4.79 Å². The van der Waals surface area contributed by atoms with E-state index in [9.17, 15) is 9.59 Å². The lowest BCUT2D eigenvalue weighted by Gasteiger charge is -2.24. The number of carboxylic acids is 1. The molecule has 1 N–H and O–H groups in total. The summed E-state index contributed by atoms with van der Waals surface area (Å²) >= 11 is 0.